The highest BCUT2D eigenvalue weighted by atomic mass is 32.2. The van der Waals surface area contributed by atoms with Gasteiger partial charge in [0, 0.05) is 19.7 Å². The average Bonchev–Trinajstić information content (AvgIpc) is 2.25. The Kier molecular flexibility index (Phi) is 4.74. The summed E-state index contributed by atoms with van der Waals surface area (Å²) >= 11 is 0. The summed E-state index contributed by atoms with van der Waals surface area (Å²) in [6, 6.07) is 1.65. The molecule has 118 valence electrons. The van der Waals surface area contributed by atoms with Crippen molar-refractivity contribution >= 4 is 15.7 Å². The van der Waals surface area contributed by atoms with Gasteiger partial charge in [-0.2, -0.15) is 4.39 Å². The second-order valence-corrected chi connectivity index (χ2v) is 8.16. The van der Waals surface area contributed by atoms with Gasteiger partial charge in [-0.25, -0.2) is 12.7 Å². The van der Waals surface area contributed by atoms with E-state index < -0.39 is 26.5 Å². The summed E-state index contributed by atoms with van der Waals surface area (Å²) in [5, 5.41) is 10.8. The SMILES string of the molecule is Cc1cc(F)c([N+](=O)[O-])cc1S(=O)(=O)N(C)CC(C)(C)C. The molecule has 0 saturated carbocycles. The molecular formula is C13H19FN2O4S. The number of halogens is 1. The second kappa shape index (κ2) is 5.69. The van der Waals surface area contributed by atoms with E-state index in [1.807, 2.05) is 20.8 Å². The Morgan fingerprint density at radius 2 is 1.86 bits per heavy atom. The van der Waals surface area contributed by atoms with Crippen LogP contribution in [0.1, 0.15) is 26.3 Å². The number of nitro benzene ring substituents is 1. The van der Waals surface area contributed by atoms with Crippen LogP contribution in [0.2, 0.25) is 0 Å². The fourth-order valence-electron chi connectivity index (χ4n) is 1.98. The van der Waals surface area contributed by atoms with Crippen molar-refractivity contribution in [2.75, 3.05) is 13.6 Å². The summed E-state index contributed by atoms with van der Waals surface area (Å²) in [5.41, 5.74) is -0.982. The van der Waals surface area contributed by atoms with Crippen LogP contribution in [-0.4, -0.2) is 31.2 Å². The van der Waals surface area contributed by atoms with E-state index >= 15 is 0 Å². The average molecular weight is 318 g/mol. The molecule has 8 heteroatoms. The van der Waals surface area contributed by atoms with E-state index in [-0.39, 0.29) is 22.4 Å². The molecule has 0 atom stereocenters. The van der Waals surface area contributed by atoms with Gasteiger partial charge >= 0.3 is 5.69 Å². The fourth-order valence-corrected chi connectivity index (χ4v) is 3.60. The zero-order valence-corrected chi connectivity index (χ0v) is 13.5. The summed E-state index contributed by atoms with van der Waals surface area (Å²) in [5.74, 6) is -1.05. The van der Waals surface area contributed by atoms with Gasteiger partial charge in [-0.05, 0) is 24.0 Å². The van der Waals surface area contributed by atoms with Gasteiger partial charge in [0.2, 0.25) is 15.8 Å². The van der Waals surface area contributed by atoms with E-state index in [2.05, 4.69) is 0 Å². The van der Waals surface area contributed by atoms with E-state index in [1.165, 1.54) is 14.0 Å². The van der Waals surface area contributed by atoms with Crippen LogP contribution in [0.5, 0.6) is 0 Å². The van der Waals surface area contributed by atoms with Gasteiger partial charge in [-0.1, -0.05) is 20.8 Å². The third kappa shape index (κ3) is 3.98. The van der Waals surface area contributed by atoms with Crippen LogP contribution < -0.4 is 0 Å². The number of sulfonamides is 1. The van der Waals surface area contributed by atoms with Crippen molar-refractivity contribution < 1.29 is 17.7 Å². The normalized spacial score (nSPS) is 12.7. The molecule has 0 N–H and O–H groups in total. The molecule has 0 heterocycles. The molecule has 21 heavy (non-hydrogen) atoms. The van der Waals surface area contributed by atoms with Crippen LogP contribution in [0.25, 0.3) is 0 Å². The van der Waals surface area contributed by atoms with Crippen molar-refractivity contribution in [1.29, 1.82) is 0 Å². The van der Waals surface area contributed by atoms with Crippen LogP contribution in [0, 0.1) is 28.3 Å². The molecular weight excluding hydrogens is 299 g/mol. The Bertz CT molecular complexity index is 665. The molecule has 0 radical (unpaired) electrons. The monoisotopic (exact) mass is 318 g/mol. The number of hydrogen-bond acceptors (Lipinski definition) is 4. The first kappa shape index (κ1) is 17.5. The summed E-state index contributed by atoms with van der Waals surface area (Å²) in [6.07, 6.45) is 0. The van der Waals surface area contributed by atoms with Gasteiger partial charge < -0.3 is 0 Å². The van der Waals surface area contributed by atoms with Gasteiger partial charge in [0.05, 0.1) is 9.82 Å². The van der Waals surface area contributed by atoms with Gasteiger partial charge in [-0.15, -0.1) is 0 Å². The van der Waals surface area contributed by atoms with Crippen molar-refractivity contribution in [3.63, 3.8) is 0 Å². The maximum absolute atomic E-state index is 13.5. The summed E-state index contributed by atoms with van der Waals surface area (Å²) in [7, 11) is -2.52. The molecule has 0 fully saturated rings. The molecule has 0 aromatic heterocycles. The van der Waals surface area contributed by atoms with Crippen molar-refractivity contribution in [1.82, 2.24) is 4.31 Å². The Labute approximate surface area is 123 Å². The quantitative estimate of drug-likeness (QED) is 0.631. The van der Waals surface area contributed by atoms with Crippen LogP contribution in [0.3, 0.4) is 0 Å². The highest BCUT2D eigenvalue weighted by Gasteiger charge is 2.29. The molecule has 0 spiro atoms. The Balaban J connectivity index is 3.38. The molecule has 6 nitrogen and oxygen atoms in total. The van der Waals surface area contributed by atoms with Gasteiger partial charge in [0.15, 0.2) is 0 Å². The van der Waals surface area contributed by atoms with Crippen molar-refractivity contribution in [3.05, 3.63) is 33.6 Å². The van der Waals surface area contributed by atoms with Gasteiger partial charge in [0.1, 0.15) is 0 Å². The number of nitrogens with zero attached hydrogens (tertiary/aromatic N) is 2. The smallest absolute Gasteiger partial charge is 0.258 e. The Morgan fingerprint density at radius 3 is 2.29 bits per heavy atom. The predicted molar refractivity (Wildman–Crippen MR) is 77.1 cm³/mol. The predicted octanol–water partition coefficient (Wildman–Crippen LogP) is 2.71. The molecule has 1 aromatic rings. The molecule has 0 aliphatic rings. The molecule has 0 aliphatic heterocycles. The molecule has 0 bridgehead atoms. The number of rotatable bonds is 4. The maximum Gasteiger partial charge on any atom is 0.306 e. The van der Waals surface area contributed by atoms with Crippen molar-refractivity contribution in [2.24, 2.45) is 5.41 Å². The minimum absolute atomic E-state index is 0.138. The number of aryl methyl sites for hydroxylation is 1. The lowest BCUT2D eigenvalue weighted by Crippen LogP contribution is -2.34. The van der Waals surface area contributed by atoms with Gasteiger partial charge in [-0.3, -0.25) is 10.1 Å². The number of nitro groups is 1. The molecule has 0 unspecified atom stereocenters. The molecule has 1 rings (SSSR count). The van der Waals surface area contributed by atoms with Crippen molar-refractivity contribution in [3.8, 4) is 0 Å². The lowest BCUT2D eigenvalue weighted by atomic mass is 9.97. The largest absolute Gasteiger partial charge is 0.306 e. The van der Waals surface area contributed by atoms with Crippen LogP contribution in [-0.2, 0) is 10.0 Å². The van der Waals surface area contributed by atoms with Crippen LogP contribution in [0.4, 0.5) is 10.1 Å². The van der Waals surface area contributed by atoms with Crippen molar-refractivity contribution in [2.45, 2.75) is 32.6 Å². The Hall–Kier alpha value is -1.54. The second-order valence-electron chi connectivity index (χ2n) is 6.15. The highest BCUT2D eigenvalue weighted by Crippen LogP contribution is 2.28. The highest BCUT2D eigenvalue weighted by molar-refractivity contribution is 7.89. The number of benzene rings is 1. The molecule has 0 amide bonds. The summed E-state index contributed by atoms with van der Waals surface area (Å²) in [6.45, 7) is 7.27. The minimum atomic E-state index is -3.91. The van der Waals surface area contributed by atoms with E-state index in [0.717, 1.165) is 16.4 Å². The summed E-state index contributed by atoms with van der Waals surface area (Å²) < 4.78 is 39.6. The van der Waals surface area contributed by atoms with Gasteiger partial charge in [0.25, 0.3) is 0 Å². The van der Waals surface area contributed by atoms with Crippen LogP contribution in [0.15, 0.2) is 17.0 Å². The molecule has 0 saturated heterocycles. The van der Waals surface area contributed by atoms with E-state index in [9.17, 15) is 22.9 Å². The maximum atomic E-state index is 13.5. The topological polar surface area (TPSA) is 80.5 Å². The zero-order chi connectivity index (χ0) is 16.6. The minimum Gasteiger partial charge on any atom is -0.258 e. The van der Waals surface area contributed by atoms with Crippen LogP contribution >= 0.6 is 0 Å². The van der Waals surface area contributed by atoms with E-state index in [0.29, 0.717) is 0 Å². The molecule has 1 aromatic carbocycles. The third-order valence-electron chi connectivity index (χ3n) is 2.83. The third-order valence-corrected chi connectivity index (χ3v) is 4.77. The lowest BCUT2D eigenvalue weighted by molar-refractivity contribution is -0.387. The first-order chi connectivity index (χ1) is 9.36. The fraction of sp³-hybridized carbons (Fsp3) is 0.538. The first-order valence-electron chi connectivity index (χ1n) is 6.27. The standard InChI is InChI=1S/C13H19FN2O4S/c1-9-6-10(14)11(16(17)18)7-12(9)21(19,20)15(5)8-13(2,3)4/h6-7H,8H2,1-5H3. The number of hydrogen-bond donors (Lipinski definition) is 0. The molecule has 0 aliphatic carbocycles. The van der Waals surface area contributed by atoms with E-state index in [1.54, 1.807) is 0 Å². The Morgan fingerprint density at radius 1 is 1.33 bits per heavy atom. The summed E-state index contributed by atoms with van der Waals surface area (Å²) in [4.78, 5) is 9.59. The zero-order valence-electron chi connectivity index (χ0n) is 12.7. The van der Waals surface area contributed by atoms with E-state index in [4.69, 9.17) is 0 Å². The first-order valence-corrected chi connectivity index (χ1v) is 7.71. The lowest BCUT2D eigenvalue weighted by Gasteiger charge is -2.26.